The Hall–Kier alpha value is -3.31. The lowest BCUT2D eigenvalue weighted by atomic mass is 9.99. The van der Waals surface area contributed by atoms with Crippen molar-refractivity contribution in [1.29, 1.82) is 0 Å². The Kier molecular flexibility index (Phi) is 6.98. The molecule has 1 fully saturated rings. The fourth-order valence-corrected chi connectivity index (χ4v) is 2.88. The van der Waals surface area contributed by atoms with Crippen molar-refractivity contribution in [2.75, 3.05) is 6.61 Å². The average molecular weight is 434 g/mol. The minimum atomic E-state index is -1.67. The molecule has 166 valence electrons. The van der Waals surface area contributed by atoms with Crippen LogP contribution in [-0.2, 0) is 14.3 Å². The number of esters is 1. The Bertz CT molecular complexity index is 906. The number of carbonyl (C=O) groups is 1. The van der Waals surface area contributed by atoms with Crippen LogP contribution in [0, 0.1) is 0 Å². The fraction of sp³-hybridized carbons (Fsp3) is 0.286. The molecule has 31 heavy (non-hydrogen) atoms. The molecule has 0 aliphatic carbocycles. The minimum Gasteiger partial charge on any atom is -0.508 e. The first-order valence-electron chi connectivity index (χ1n) is 9.26. The molecule has 2 aromatic carbocycles. The topological polar surface area (TPSA) is 166 Å². The van der Waals surface area contributed by atoms with Crippen molar-refractivity contribution >= 4 is 12.0 Å². The zero-order valence-corrected chi connectivity index (χ0v) is 16.1. The van der Waals surface area contributed by atoms with Gasteiger partial charge in [-0.15, -0.1) is 0 Å². The van der Waals surface area contributed by atoms with Crippen molar-refractivity contribution in [1.82, 2.24) is 0 Å². The molecule has 0 aromatic heterocycles. The molecule has 0 spiro atoms. The maximum Gasteiger partial charge on any atom is 0.330 e. The Morgan fingerprint density at radius 2 is 1.55 bits per heavy atom. The first kappa shape index (κ1) is 22.4. The lowest BCUT2D eigenvalue weighted by molar-refractivity contribution is -0.278. The van der Waals surface area contributed by atoms with Crippen molar-refractivity contribution < 1.29 is 49.6 Å². The van der Waals surface area contributed by atoms with E-state index in [2.05, 4.69) is 0 Å². The monoisotopic (exact) mass is 434 g/mol. The molecule has 6 N–H and O–H groups in total. The van der Waals surface area contributed by atoms with Gasteiger partial charge < -0.3 is 44.8 Å². The minimum absolute atomic E-state index is 0.0577. The number of aliphatic hydroxyl groups is 3. The third kappa shape index (κ3) is 5.86. The predicted octanol–water partition coefficient (Wildman–Crippen LogP) is 0.246. The number of rotatable bonds is 6. The average Bonchev–Trinajstić information content (AvgIpc) is 2.72. The van der Waals surface area contributed by atoms with Crippen molar-refractivity contribution in [3.8, 4) is 23.0 Å². The predicted molar refractivity (Wildman–Crippen MR) is 105 cm³/mol. The van der Waals surface area contributed by atoms with E-state index in [1.165, 1.54) is 18.2 Å². The summed E-state index contributed by atoms with van der Waals surface area (Å²) in [6.45, 7) is -0.450. The summed E-state index contributed by atoms with van der Waals surface area (Å²) in [5.74, 6) is -1.32. The van der Waals surface area contributed by atoms with Gasteiger partial charge in [-0.3, -0.25) is 0 Å². The lowest BCUT2D eigenvalue weighted by Crippen LogP contribution is -2.60. The molecular weight excluding hydrogens is 412 g/mol. The van der Waals surface area contributed by atoms with Gasteiger partial charge in [0.05, 0.1) is 0 Å². The number of carbonyl (C=O) groups excluding carboxylic acids is 1. The number of benzene rings is 2. The maximum atomic E-state index is 11.9. The highest BCUT2D eigenvalue weighted by atomic mass is 16.7. The van der Waals surface area contributed by atoms with E-state index in [1.807, 2.05) is 0 Å². The zero-order valence-electron chi connectivity index (χ0n) is 16.1. The van der Waals surface area contributed by atoms with Crippen LogP contribution >= 0.6 is 0 Å². The number of phenols is 3. The second kappa shape index (κ2) is 9.67. The van der Waals surface area contributed by atoms with Gasteiger partial charge in [0.2, 0.25) is 6.29 Å². The van der Waals surface area contributed by atoms with Gasteiger partial charge in [-0.2, -0.15) is 0 Å². The maximum absolute atomic E-state index is 11.9. The SMILES string of the molecule is O=C(C=Cc1ccc(O)cc1)OCC1OC(Oc2cc(O)cc(O)c2)C(O)C(O)C1O. The molecule has 2 aromatic rings. The molecular formula is C21H22O10. The smallest absolute Gasteiger partial charge is 0.330 e. The molecule has 0 saturated carbocycles. The summed E-state index contributed by atoms with van der Waals surface area (Å²) < 4.78 is 15.8. The molecule has 0 radical (unpaired) electrons. The summed E-state index contributed by atoms with van der Waals surface area (Å²) in [5, 5.41) is 58.6. The molecule has 0 amide bonds. The molecule has 5 unspecified atom stereocenters. The third-order valence-electron chi connectivity index (χ3n) is 4.49. The highest BCUT2D eigenvalue weighted by Crippen LogP contribution is 2.29. The summed E-state index contributed by atoms with van der Waals surface area (Å²) in [5.41, 5.74) is 0.644. The van der Waals surface area contributed by atoms with Crippen LogP contribution in [0.3, 0.4) is 0 Å². The van der Waals surface area contributed by atoms with E-state index >= 15 is 0 Å². The third-order valence-corrected chi connectivity index (χ3v) is 4.49. The fourth-order valence-electron chi connectivity index (χ4n) is 2.88. The molecule has 5 atom stereocenters. The molecule has 10 nitrogen and oxygen atoms in total. The summed E-state index contributed by atoms with van der Waals surface area (Å²) >= 11 is 0. The van der Waals surface area contributed by atoms with E-state index in [-0.39, 0.29) is 23.0 Å². The van der Waals surface area contributed by atoms with Gasteiger partial charge in [0.1, 0.15) is 54.0 Å². The first-order chi connectivity index (χ1) is 14.7. The summed E-state index contributed by atoms with van der Waals surface area (Å²) in [7, 11) is 0. The van der Waals surface area contributed by atoms with Gasteiger partial charge in [0.15, 0.2) is 0 Å². The molecule has 1 heterocycles. The van der Waals surface area contributed by atoms with Crippen LogP contribution in [0.1, 0.15) is 5.56 Å². The number of hydrogen-bond acceptors (Lipinski definition) is 10. The van der Waals surface area contributed by atoms with E-state index in [1.54, 1.807) is 12.1 Å². The van der Waals surface area contributed by atoms with Gasteiger partial charge in [0, 0.05) is 24.3 Å². The largest absolute Gasteiger partial charge is 0.508 e. The highest BCUT2D eigenvalue weighted by molar-refractivity contribution is 5.87. The quantitative estimate of drug-likeness (QED) is 0.274. The van der Waals surface area contributed by atoms with E-state index in [0.29, 0.717) is 5.56 Å². The summed E-state index contributed by atoms with van der Waals surface area (Å²) in [6.07, 6.45) is -4.99. The van der Waals surface area contributed by atoms with Gasteiger partial charge >= 0.3 is 5.97 Å². The van der Waals surface area contributed by atoms with Crippen LogP contribution in [0.4, 0.5) is 0 Å². The number of aliphatic hydroxyl groups excluding tert-OH is 3. The molecule has 0 bridgehead atoms. The van der Waals surface area contributed by atoms with Gasteiger partial charge in [-0.25, -0.2) is 4.79 Å². The Labute approximate surface area is 176 Å². The van der Waals surface area contributed by atoms with Crippen LogP contribution in [0.15, 0.2) is 48.5 Å². The van der Waals surface area contributed by atoms with Gasteiger partial charge in [-0.1, -0.05) is 12.1 Å². The highest BCUT2D eigenvalue weighted by Gasteiger charge is 2.45. The molecule has 3 rings (SSSR count). The zero-order chi connectivity index (χ0) is 22.5. The van der Waals surface area contributed by atoms with E-state index in [0.717, 1.165) is 24.3 Å². The van der Waals surface area contributed by atoms with Crippen molar-refractivity contribution in [3.05, 3.63) is 54.1 Å². The van der Waals surface area contributed by atoms with Crippen molar-refractivity contribution in [3.63, 3.8) is 0 Å². The second-order valence-corrected chi connectivity index (χ2v) is 6.87. The van der Waals surface area contributed by atoms with Crippen LogP contribution in [0.5, 0.6) is 23.0 Å². The van der Waals surface area contributed by atoms with Crippen LogP contribution < -0.4 is 4.74 Å². The standard InChI is InChI=1S/C21H22O10/c22-12-4-1-11(2-5-12)3-6-17(25)29-10-16-18(26)19(27)20(28)21(31-16)30-15-8-13(23)7-14(24)9-15/h1-9,16,18-24,26-28H,10H2. The van der Waals surface area contributed by atoms with Gasteiger partial charge in [-0.05, 0) is 23.8 Å². The number of ether oxygens (including phenoxy) is 3. The van der Waals surface area contributed by atoms with E-state index in [9.17, 15) is 35.4 Å². The van der Waals surface area contributed by atoms with Crippen LogP contribution in [0.2, 0.25) is 0 Å². The summed E-state index contributed by atoms with van der Waals surface area (Å²) in [4.78, 5) is 11.9. The van der Waals surface area contributed by atoms with Crippen molar-refractivity contribution in [2.24, 2.45) is 0 Å². The molecule has 1 aliphatic rings. The van der Waals surface area contributed by atoms with Gasteiger partial charge in [0.25, 0.3) is 0 Å². The normalized spacial score (nSPS) is 26.0. The second-order valence-electron chi connectivity index (χ2n) is 6.87. The van der Waals surface area contributed by atoms with E-state index < -0.39 is 43.3 Å². The molecule has 1 saturated heterocycles. The van der Waals surface area contributed by atoms with E-state index in [4.69, 9.17) is 14.2 Å². The first-order valence-corrected chi connectivity index (χ1v) is 9.26. The Morgan fingerprint density at radius 1 is 0.903 bits per heavy atom. The van der Waals surface area contributed by atoms with Crippen LogP contribution in [-0.4, -0.2) is 73.9 Å². The van der Waals surface area contributed by atoms with Crippen molar-refractivity contribution in [2.45, 2.75) is 30.7 Å². The molecule has 10 heteroatoms. The lowest BCUT2D eigenvalue weighted by Gasteiger charge is -2.39. The van der Waals surface area contributed by atoms with Crippen LogP contribution in [0.25, 0.3) is 6.08 Å². The number of phenolic OH excluding ortho intramolecular Hbond substituents is 3. The number of hydrogen-bond donors (Lipinski definition) is 6. The number of aromatic hydroxyl groups is 3. The summed E-state index contributed by atoms with van der Waals surface area (Å²) in [6, 6.07) is 9.45. The Balaban J connectivity index is 1.60. The molecule has 1 aliphatic heterocycles. The Morgan fingerprint density at radius 3 is 2.19 bits per heavy atom.